The zero-order valence-corrected chi connectivity index (χ0v) is 27.8. The zero-order chi connectivity index (χ0) is 33.1. The number of fused-ring (bicyclic) bond motifs is 2. The lowest BCUT2D eigenvalue weighted by Gasteiger charge is -2.26. The average Bonchev–Trinajstić information content (AvgIpc) is 3.76. The molecule has 4 aliphatic rings. The molecule has 0 radical (unpaired) electrons. The van der Waals surface area contributed by atoms with E-state index < -0.39 is 0 Å². The number of benzene rings is 2. The number of carbonyl (C=O) groups excluding carboxylic acids is 2. The SMILES string of the molecule is C1=C(CCN2CCOCC2)c2cccc(-c3ccncc3)c2C1.CC(=O)N1CCOCC1.O=C1CCc2c1cccc2-c1ccncc1. The number of morpholine rings is 2. The van der Waals surface area contributed by atoms with Crippen LogP contribution in [0.5, 0.6) is 0 Å². The lowest BCUT2D eigenvalue weighted by molar-refractivity contribution is -0.132. The van der Waals surface area contributed by atoms with Gasteiger partial charge in [0.25, 0.3) is 0 Å². The Bertz CT molecular complexity index is 1710. The third kappa shape index (κ3) is 8.31. The molecule has 0 N–H and O–H groups in total. The molecular formula is C40H44N4O4. The van der Waals surface area contributed by atoms with Gasteiger partial charge in [0, 0.05) is 76.4 Å². The summed E-state index contributed by atoms with van der Waals surface area (Å²) in [6, 6.07) is 20.8. The summed E-state index contributed by atoms with van der Waals surface area (Å²) in [5.74, 6) is 0.421. The van der Waals surface area contributed by atoms with Crippen LogP contribution in [0.1, 0.15) is 46.8 Å². The molecule has 8 heteroatoms. The normalized spacial score (nSPS) is 16.9. The van der Waals surface area contributed by atoms with Crippen molar-refractivity contribution in [2.24, 2.45) is 0 Å². The van der Waals surface area contributed by atoms with Gasteiger partial charge in [0.1, 0.15) is 0 Å². The van der Waals surface area contributed by atoms with Crippen LogP contribution in [-0.4, -0.2) is 90.6 Å². The summed E-state index contributed by atoms with van der Waals surface area (Å²) < 4.78 is 10.5. The first-order valence-electron chi connectivity index (χ1n) is 17.0. The highest BCUT2D eigenvalue weighted by Gasteiger charge is 2.22. The Morgan fingerprint density at radius 2 is 1.23 bits per heavy atom. The van der Waals surface area contributed by atoms with Crippen molar-refractivity contribution in [1.82, 2.24) is 19.8 Å². The predicted molar refractivity (Wildman–Crippen MR) is 189 cm³/mol. The summed E-state index contributed by atoms with van der Waals surface area (Å²) in [7, 11) is 0. The lowest BCUT2D eigenvalue weighted by atomic mass is 9.95. The van der Waals surface area contributed by atoms with E-state index in [2.05, 4.69) is 57.3 Å². The van der Waals surface area contributed by atoms with Gasteiger partial charge in [-0.25, -0.2) is 0 Å². The Hall–Kier alpha value is -4.50. The highest BCUT2D eigenvalue weighted by Crippen LogP contribution is 2.36. The molecule has 4 aromatic rings. The van der Waals surface area contributed by atoms with Crippen LogP contribution < -0.4 is 0 Å². The van der Waals surface area contributed by atoms with Crippen LogP contribution in [0.25, 0.3) is 27.8 Å². The molecule has 0 atom stereocenters. The van der Waals surface area contributed by atoms with Gasteiger partial charge in [-0.1, -0.05) is 42.5 Å². The number of ketones is 1. The van der Waals surface area contributed by atoms with E-state index in [1.165, 1.54) is 39.0 Å². The van der Waals surface area contributed by atoms with Crippen LogP contribution in [0.2, 0.25) is 0 Å². The molecule has 2 aromatic carbocycles. The largest absolute Gasteiger partial charge is 0.379 e. The first-order chi connectivity index (χ1) is 23.6. The minimum atomic E-state index is 0.151. The fourth-order valence-corrected chi connectivity index (χ4v) is 6.76. The van der Waals surface area contributed by atoms with Crippen molar-refractivity contribution < 1.29 is 19.1 Å². The van der Waals surface area contributed by atoms with E-state index in [1.54, 1.807) is 24.2 Å². The van der Waals surface area contributed by atoms with E-state index in [0.29, 0.717) is 19.6 Å². The number of hydrogen-bond donors (Lipinski definition) is 0. The average molecular weight is 645 g/mol. The summed E-state index contributed by atoms with van der Waals surface area (Å²) in [5.41, 5.74) is 11.4. The molecule has 0 saturated carbocycles. The van der Waals surface area contributed by atoms with Gasteiger partial charge >= 0.3 is 0 Å². The van der Waals surface area contributed by atoms with E-state index in [4.69, 9.17) is 9.47 Å². The summed E-state index contributed by atoms with van der Waals surface area (Å²) in [5, 5.41) is 0. The number of aromatic nitrogens is 2. The Balaban J connectivity index is 0.000000139. The molecule has 0 unspecified atom stereocenters. The van der Waals surface area contributed by atoms with E-state index in [1.807, 2.05) is 36.7 Å². The lowest BCUT2D eigenvalue weighted by Crippen LogP contribution is -2.39. The van der Waals surface area contributed by atoms with Crippen molar-refractivity contribution in [3.05, 3.63) is 114 Å². The number of amides is 1. The molecular weight excluding hydrogens is 600 g/mol. The van der Waals surface area contributed by atoms with Crippen LogP contribution in [0.3, 0.4) is 0 Å². The molecule has 48 heavy (non-hydrogen) atoms. The maximum Gasteiger partial charge on any atom is 0.219 e. The Labute approximate surface area is 283 Å². The molecule has 1 amide bonds. The molecule has 8 nitrogen and oxygen atoms in total. The maximum atomic E-state index is 11.6. The Morgan fingerprint density at radius 1 is 0.688 bits per heavy atom. The highest BCUT2D eigenvalue weighted by molar-refractivity contribution is 6.02. The van der Waals surface area contributed by atoms with Crippen LogP contribution >= 0.6 is 0 Å². The summed E-state index contributed by atoms with van der Waals surface area (Å²) in [4.78, 5) is 34.8. The summed E-state index contributed by atoms with van der Waals surface area (Å²) in [6.07, 6.45) is 13.4. The van der Waals surface area contributed by atoms with Crippen LogP contribution in [0.4, 0.5) is 0 Å². The quantitative estimate of drug-likeness (QED) is 0.258. The topological polar surface area (TPSA) is 84.9 Å². The van der Waals surface area contributed by atoms with Gasteiger partial charge in [-0.05, 0) is 88.0 Å². The number of nitrogens with zero attached hydrogens (tertiary/aromatic N) is 4. The van der Waals surface area contributed by atoms with Gasteiger partial charge in [0.15, 0.2) is 5.78 Å². The number of hydrogen-bond acceptors (Lipinski definition) is 7. The first kappa shape index (κ1) is 33.4. The highest BCUT2D eigenvalue weighted by atomic mass is 16.5. The minimum absolute atomic E-state index is 0.151. The molecule has 0 spiro atoms. The van der Waals surface area contributed by atoms with Crippen molar-refractivity contribution in [3.8, 4) is 22.3 Å². The van der Waals surface area contributed by atoms with Crippen LogP contribution in [0.15, 0.2) is 91.5 Å². The van der Waals surface area contributed by atoms with Gasteiger partial charge in [-0.15, -0.1) is 0 Å². The van der Waals surface area contributed by atoms with Gasteiger partial charge < -0.3 is 14.4 Å². The smallest absolute Gasteiger partial charge is 0.219 e. The third-order valence-electron chi connectivity index (χ3n) is 9.39. The zero-order valence-electron chi connectivity index (χ0n) is 27.8. The number of carbonyl (C=O) groups is 2. The Morgan fingerprint density at radius 3 is 1.81 bits per heavy atom. The van der Waals surface area contributed by atoms with Crippen molar-refractivity contribution in [2.75, 3.05) is 59.2 Å². The predicted octanol–water partition coefficient (Wildman–Crippen LogP) is 6.15. The molecule has 2 fully saturated rings. The molecule has 8 rings (SSSR count). The monoisotopic (exact) mass is 644 g/mol. The van der Waals surface area contributed by atoms with Crippen molar-refractivity contribution in [3.63, 3.8) is 0 Å². The van der Waals surface area contributed by atoms with E-state index >= 15 is 0 Å². The van der Waals surface area contributed by atoms with E-state index in [9.17, 15) is 9.59 Å². The van der Waals surface area contributed by atoms with Crippen LogP contribution in [-0.2, 0) is 27.1 Å². The van der Waals surface area contributed by atoms with Crippen molar-refractivity contribution >= 4 is 17.3 Å². The van der Waals surface area contributed by atoms with Gasteiger partial charge in [0.2, 0.25) is 5.91 Å². The number of allylic oxidation sites excluding steroid dienone is 1. The number of rotatable bonds is 5. The van der Waals surface area contributed by atoms with Gasteiger partial charge in [0.05, 0.1) is 26.4 Å². The first-order valence-corrected chi connectivity index (χ1v) is 17.0. The standard InChI is InChI=1S/C20H22N2O.C14H11NO.C6H11NO2/c1-2-18-16(8-11-22-12-14-23-15-13-22)4-5-20(18)19(3-1)17-6-9-21-10-7-17;16-14-5-4-12-11(2-1-3-13(12)14)10-6-8-15-9-7-10;1-6(8)7-2-4-9-5-3-7/h1-4,6-7,9-10H,5,8,11-15H2;1-3,6-9H,4-5H2;2-5H2,1H3. The van der Waals surface area contributed by atoms with Crippen LogP contribution in [0, 0.1) is 0 Å². The molecule has 2 aliphatic heterocycles. The summed E-state index contributed by atoms with van der Waals surface area (Å²) in [6.45, 7) is 9.52. The van der Waals surface area contributed by atoms with E-state index in [0.717, 1.165) is 76.3 Å². The molecule has 248 valence electrons. The third-order valence-corrected chi connectivity index (χ3v) is 9.39. The number of ether oxygens (including phenoxy) is 2. The maximum absolute atomic E-state index is 11.6. The Kier molecular flexibility index (Phi) is 11.5. The molecule has 0 bridgehead atoms. The second kappa shape index (κ2) is 16.6. The van der Waals surface area contributed by atoms with Crippen molar-refractivity contribution in [2.45, 2.75) is 32.6 Å². The molecule has 2 saturated heterocycles. The second-order valence-corrected chi connectivity index (χ2v) is 12.3. The number of pyridine rings is 2. The molecule has 2 aromatic heterocycles. The fraction of sp³-hybridized carbons (Fsp3) is 0.350. The summed E-state index contributed by atoms with van der Waals surface area (Å²) >= 11 is 0. The molecule has 2 aliphatic carbocycles. The van der Waals surface area contributed by atoms with Gasteiger partial charge in [-0.2, -0.15) is 0 Å². The minimum Gasteiger partial charge on any atom is -0.379 e. The van der Waals surface area contributed by atoms with Crippen molar-refractivity contribution in [1.29, 1.82) is 0 Å². The fourth-order valence-electron chi connectivity index (χ4n) is 6.76. The van der Waals surface area contributed by atoms with Gasteiger partial charge in [-0.3, -0.25) is 24.5 Å². The number of Topliss-reactive ketones (excluding diaryl/α,β-unsaturated/α-hetero) is 1. The second-order valence-electron chi connectivity index (χ2n) is 12.3. The molecule has 4 heterocycles. The van der Waals surface area contributed by atoms with E-state index in [-0.39, 0.29) is 11.7 Å².